The standard InChI is InChI=1S/C24H29FN2O3/c1-29-20-8-6-18(7-9-20)16-19-10-15-30-24(17-19)11-13-27(14-12-24)23(28)26-22-5-3-2-4-21(22)25/h2-9,19H,10-17H2,1H3,(H,26,28). The number of likely N-dealkylation sites (tertiary alicyclic amines) is 1. The highest BCUT2D eigenvalue weighted by Gasteiger charge is 2.41. The lowest BCUT2D eigenvalue weighted by Gasteiger charge is -2.46. The lowest BCUT2D eigenvalue weighted by molar-refractivity contribution is -0.122. The zero-order valence-electron chi connectivity index (χ0n) is 17.4. The fourth-order valence-electron chi connectivity index (χ4n) is 4.62. The summed E-state index contributed by atoms with van der Waals surface area (Å²) in [5.74, 6) is 1.03. The number of hydrogen-bond donors (Lipinski definition) is 1. The summed E-state index contributed by atoms with van der Waals surface area (Å²) in [5.41, 5.74) is 1.39. The van der Waals surface area contributed by atoms with Crippen LogP contribution in [0.25, 0.3) is 0 Å². The maximum atomic E-state index is 13.8. The second-order valence-corrected chi connectivity index (χ2v) is 8.34. The summed E-state index contributed by atoms with van der Waals surface area (Å²) >= 11 is 0. The van der Waals surface area contributed by atoms with Gasteiger partial charge in [-0.25, -0.2) is 9.18 Å². The molecule has 2 aromatic rings. The van der Waals surface area contributed by atoms with E-state index in [-0.39, 0.29) is 17.3 Å². The fourth-order valence-corrected chi connectivity index (χ4v) is 4.62. The van der Waals surface area contributed by atoms with Crippen molar-refractivity contribution in [1.82, 2.24) is 4.90 Å². The molecule has 6 heteroatoms. The molecule has 0 radical (unpaired) electrons. The van der Waals surface area contributed by atoms with Crippen LogP contribution in [0.1, 0.15) is 31.2 Å². The van der Waals surface area contributed by atoms with Crippen molar-refractivity contribution in [2.24, 2.45) is 5.92 Å². The molecule has 2 amide bonds. The molecule has 0 saturated carbocycles. The van der Waals surface area contributed by atoms with Crippen LogP contribution in [-0.4, -0.2) is 43.3 Å². The Morgan fingerprint density at radius 1 is 1.20 bits per heavy atom. The summed E-state index contributed by atoms with van der Waals surface area (Å²) in [6.07, 6.45) is 4.74. The number of urea groups is 1. The molecule has 2 saturated heterocycles. The van der Waals surface area contributed by atoms with Gasteiger partial charge in [0.2, 0.25) is 0 Å². The Hall–Kier alpha value is -2.60. The third kappa shape index (κ3) is 4.75. The number of methoxy groups -OCH3 is 1. The van der Waals surface area contributed by atoms with Gasteiger partial charge >= 0.3 is 6.03 Å². The third-order valence-electron chi connectivity index (χ3n) is 6.36. The van der Waals surface area contributed by atoms with Crippen LogP contribution < -0.4 is 10.1 Å². The topological polar surface area (TPSA) is 50.8 Å². The highest BCUT2D eigenvalue weighted by atomic mass is 19.1. The van der Waals surface area contributed by atoms with Gasteiger partial charge in [-0.2, -0.15) is 0 Å². The summed E-state index contributed by atoms with van der Waals surface area (Å²) in [5, 5.41) is 2.68. The van der Waals surface area contributed by atoms with E-state index in [0.717, 1.165) is 44.5 Å². The summed E-state index contributed by atoms with van der Waals surface area (Å²) in [6.45, 7) is 2.01. The Bertz CT molecular complexity index is 863. The maximum Gasteiger partial charge on any atom is 0.321 e. The van der Waals surface area contributed by atoms with Crippen LogP contribution in [0.4, 0.5) is 14.9 Å². The number of ether oxygens (including phenoxy) is 2. The smallest absolute Gasteiger partial charge is 0.321 e. The number of carbonyl (C=O) groups excluding carboxylic acids is 1. The molecule has 2 aliphatic rings. The number of hydrogen-bond acceptors (Lipinski definition) is 3. The number of nitrogens with zero attached hydrogens (tertiary/aromatic N) is 1. The summed E-state index contributed by atoms with van der Waals surface area (Å²) < 4.78 is 25.3. The monoisotopic (exact) mass is 412 g/mol. The van der Waals surface area contributed by atoms with Gasteiger partial charge in [0, 0.05) is 19.7 Å². The zero-order chi connectivity index (χ0) is 21.0. The Balaban J connectivity index is 1.31. The number of rotatable bonds is 4. The normalized spacial score (nSPS) is 20.7. The van der Waals surface area contributed by atoms with Gasteiger partial charge < -0.3 is 19.7 Å². The van der Waals surface area contributed by atoms with Crippen LogP contribution in [0.3, 0.4) is 0 Å². The van der Waals surface area contributed by atoms with E-state index in [2.05, 4.69) is 17.4 Å². The van der Waals surface area contributed by atoms with E-state index in [1.807, 2.05) is 12.1 Å². The molecule has 30 heavy (non-hydrogen) atoms. The SMILES string of the molecule is COc1ccc(CC2CCOC3(CCN(C(=O)Nc4ccccc4F)CC3)C2)cc1. The number of nitrogens with one attached hydrogen (secondary N) is 1. The predicted octanol–water partition coefficient (Wildman–Crippen LogP) is 4.87. The van der Waals surface area contributed by atoms with Crippen molar-refractivity contribution in [1.29, 1.82) is 0 Å². The minimum atomic E-state index is -0.420. The maximum absolute atomic E-state index is 13.8. The lowest BCUT2D eigenvalue weighted by Crippen LogP contribution is -2.51. The van der Waals surface area contributed by atoms with Crippen molar-refractivity contribution in [3.05, 3.63) is 59.9 Å². The average molecular weight is 413 g/mol. The van der Waals surface area contributed by atoms with Crippen LogP contribution in [-0.2, 0) is 11.2 Å². The van der Waals surface area contributed by atoms with Crippen LogP contribution in [0, 0.1) is 11.7 Å². The second kappa shape index (κ2) is 9.04. The van der Waals surface area contributed by atoms with E-state index in [1.165, 1.54) is 11.6 Å². The van der Waals surface area contributed by atoms with Gasteiger partial charge in [-0.1, -0.05) is 24.3 Å². The Kier molecular flexibility index (Phi) is 6.23. The molecule has 160 valence electrons. The van der Waals surface area contributed by atoms with Crippen molar-refractivity contribution in [2.45, 2.75) is 37.7 Å². The average Bonchev–Trinajstić information content (AvgIpc) is 2.76. The summed E-state index contributed by atoms with van der Waals surface area (Å²) in [7, 11) is 1.68. The zero-order valence-corrected chi connectivity index (χ0v) is 17.4. The molecule has 2 aliphatic heterocycles. The molecule has 2 fully saturated rings. The van der Waals surface area contributed by atoms with Crippen molar-refractivity contribution in [3.8, 4) is 5.75 Å². The number of para-hydroxylation sites is 1. The first kappa shape index (κ1) is 20.7. The fraction of sp³-hybridized carbons (Fsp3) is 0.458. The van der Waals surface area contributed by atoms with Gasteiger partial charge in [-0.05, 0) is 67.9 Å². The number of carbonyl (C=O) groups is 1. The van der Waals surface area contributed by atoms with Crippen LogP contribution in [0.5, 0.6) is 5.75 Å². The Morgan fingerprint density at radius 2 is 1.93 bits per heavy atom. The number of halogens is 1. The number of benzene rings is 2. The van der Waals surface area contributed by atoms with E-state index < -0.39 is 5.82 Å². The van der Waals surface area contributed by atoms with E-state index in [0.29, 0.717) is 19.0 Å². The van der Waals surface area contributed by atoms with Crippen molar-refractivity contribution >= 4 is 11.7 Å². The van der Waals surface area contributed by atoms with Gasteiger partial charge in [-0.15, -0.1) is 0 Å². The molecule has 1 N–H and O–H groups in total. The van der Waals surface area contributed by atoms with E-state index >= 15 is 0 Å². The molecule has 1 spiro atoms. The van der Waals surface area contributed by atoms with Gasteiger partial charge in [0.25, 0.3) is 0 Å². The quantitative estimate of drug-likeness (QED) is 0.779. The van der Waals surface area contributed by atoms with E-state index in [1.54, 1.807) is 30.2 Å². The lowest BCUT2D eigenvalue weighted by atomic mass is 9.77. The largest absolute Gasteiger partial charge is 0.497 e. The van der Waals surface area contributed by atoms with Crippen molar-refractivity contribution in [3.63, 3.8) is 0 Å². The minimum Gasteiger partial charge on any atom is -0.497 e. The summed E-state index contributed by atoms with van der Waals surface area (Å²) in [4.78, 5) is 14.3. The van der Waals surface area contributed by atoms with Gasteiger partial charge in [0.05, 0.1) is 18.4 Å². The Labute approximate surface area is 177 Å². The van der Waals surface area contributed by atoms with E-state index in [4.69, 9.17) is 9.47 Å². The molecule has 2 heterocycles. The van der Waals surface area contributed by atoms with Gasteiger partial charge in [0.15, 0.2) is 0 Å². The van der Waals surface area contributed by atoms with Crippen molar-refractivity contribution in [2.75, 3.05) is 32.1 Å². The second-order valence-electron chi connectivity index (χ2n) is 8.34. The first-order valence-corrected chi connectivity index (χ1v) is 10.6. The van der Waals surface area contributed by atoms with Gasteiger partial charge in [0.1, 0.15) is 11.6 Å². The summed E-state index contributed by atoms with van der Waals surface area (Å²) in [6, 6.07) is 14.3. The molecule has 5 nitrogen and oxygen atoms in total. The Morgan fingerprint density at radius 3 is 2.63 bits per heavy atom. The van der Waals surface area contributed by atoms with E-state index in [9.17, 15) is 9.18 Å². The van der Waals surface area contributed by atoms with Crippen molar-refractivity contribution < 1.29 is 18.7 Å². The number of anilines is 1. The molecule has 1 unspecified atom stereocenters. The molecule has 0 aliphatic carbocycles. The number of piperidine rings is 1. The highest BCUT2D eigenvalue weighted by Crippen LogP contribution is 2.39. The first-order chi connectivity index (χ1) is 14.6. The highest BCUT2D eigenvalue weighted by molar-refractivity contribution is 5.89. The molecule has 0 bridgehead atoms. The number of amides is 2. The first-order valence-electron chi connectivity index (χ1n) is 10.6. The molecular weight excluding hydrogens is 383 g/mol. The third-order valence-corrected chi connectivity index (χ3v) is 6.36. The van der Waals surface area contributed by atoms with Crippen LogP contribution >= 0.6 is 0 Å². The molecule has 2 aromatic carbocycles. The van der Waals surface area contributed by atoms with Crippen LogP contribution in [0.2, 0.25) is 0 Å². The molecule has 0 aromatic heterocycles. The predicted molar refractivity (Wildman–Crippen MR) is 114 cm³/mol. The molecular formula is C24H29FN2O3. The molecule has 4 rings (SSSR count). The van der Waals surface area contributed by atoms with Crippen LogP contribution in [0.15, 0.2) is 48.5 Å². The van der Waals surface area contributed by atoms with Gasteiger partial charge in [-0.3, -0.25) is 0 Å². The minimum absolute atomic E-state index is 0.149. The molecule has 1 atom stereocenters.